The summed E-state index contributed by atoms with van der Waals surface area (Å²) in [5, 5.41) is 9.44. The number of aromatic hydroxyl groups is 1. The van der Waals surface area contributed by atoms with E-state index in [2.05, 4.69) is 11.8 Å². The zero-order valence-electron chi connectivity index (χ0n) is 8.99. The minimum atomic E-state index is 0.0462. The standard InChI is InChI=1S/C12H13NO2S/c1-9(14)16-7-3-2-4-10-5-6-11(13)12(15)8-10/h5-6,8,15H,3,7,13H2,1H3. The van der Waals surface area contributed by atoms with E-state index in [-0.39, 0.29) is 10.9 Å². The number of nitrogen functional groups attached to an aromatic ring is 1. The summed E-state index contributed by atoms with van der Waals surface area (Å²) in [5.41, 5.74) is 6.53. The summed E-state index contributed by atoms with van der Waals surface area (Å²) in [6.45, 7) is 1.54. The van der Waals surface area contributed by atoms with E-state index in [1.54, 1.807) is 12.1 Å². The number of benzene rings is 1. The molecule has 0 aliphatic rings. The van der Waals surface area contributed by atoms with Crippen LogP contribution in [0.25, 0.3) is 0 Å². The van der Waals surface area contributed by atoms with Crippen molar-refractivity contribution in [1.82, 2.24) is 0 Å². The quantitative estimate of drug-likeness (QED) is 0.356. The molecule has 1 rings (SSSR count). The topological polar surface area (TPSA) is 63.3 Å². The number of phenols is 1. The van der Waals surface area contributed by atoms with Crippen LogP contribution in [0.1, 0.15) is 18.9 Å². The minimum absolute atomic E-state index is 0.0462. The van der Waals surface area contributed by atoms with Crippen LogP contribution in [0.3, 0.4) is 0 Å². The van der Waals surface area contributed by atoms with Crippen molar-refractivity contribution in [2.45, 2.75) is 13.3 Å². The molecule has 0 saturated heterocycles. The lowest BCUT2D eigenvalue weighted by Gasteiger charge is -1.97. The van der Waals surface area contributed by atoms with Gasteiger partial charge in [0.25, 0.3) is 0 Å². The molecule has 0 amide bonds. The molecule has 0 fully saturated rings. The van der Waals surface area contributed by atoms with Gasteiger partial charge in [-0.15, -0.1) is 0 Å². The van der Waals surface area contributed by atoms with Crippen LogP contribution in [0.15, 0.2) is 18.2 Å². The summed E-state index contributed by atoms with van der Waals surface area (Å²) in [7, 11) is 0. The molecular weight excluding hydrogens is 222 g/mol. The molecule has 1 aromatic carbocycles. The van der Waals surface area contributed by atoms with E-state index in [1.807, 2.05) is 0 Å². The fraction of sp³-hybridized carbons (Fsp3) is 0.250. The highest BCUT2D eigenvalue weighted by Crippen LogP contribution is 2.19. The number of hydrogen-bond acceptors (Lipinski definition) is 4. The van der Waals surface area contributed by atoms with Gasteiger partial charge in [0.2, 0.25) is 0 Å². The van der Waals surface area contributed by atoms with Crippen molar-refractivity contribution in [3.63, 3.8) is 0 Å². The molecule has 0 spiro atoms. The van der Waals surface area contributed by atoms with Crippen LogP contribution < -0.4 is 5.73 Å². The summed E-state index contributed by atoms with van der Waals surface area (Å²) in [6.07, 6.45) is 0.648. The van der Waals surface area contributed by atoms with Crippen molar-refractivity contribution in [3.05, 3.63) is 23.8 Å². The first-order chi connectivity index (χ1) is 7.59. The monoisotopic (exact) mass is 235 g/mol. The molecule has 4 heteroatoms. The fourth-order valence-electron chi connectivity index (χ4n) is 1.03. The van der Waals surface area contributed by atoms with Crippen LogP contribution in [0, 0.1) is 11.8 Å². The van der Waals surface area contributed by atoms with Gasteiger partial charge in [-0.25, -0.2) is 0 Å². The van der Waals surface area contributed by atoms with Gasteiger partial charge < -0.3 is 10.8 Å². The first-order valence-corrected chi connectivity index (χ1v) is 5.79. The van der Waals surface area contributed by atoms with Crippen molar-refractivity contribution in [2.24, 2.45) is 0 Å². The molecule has 0 radical (unpaired) electrons. The molecule has 0 saturated carbocycles. The largest absolute Gasteiger partial charge is 0.506 e. The van der Waals surface area contributed by atoms with E-state index in [0.29, 0.717) is 17.9 Å². The Morgan fingerprint density at radius 1 is 1.56 bits per heavy atom. The Morgan fingerprint density at radius 2 is 2.31 bits per heavy atom. The van der Waals surface area contributed by atoms with E-state index in [0.717, 1.165) is 5.56 Å². The Bertz CT molecular complexity index is 446. The second kappa shape index (κ2) is 6.09. The zero-order chi connectivity index (χ0) is 12.0. The fourth-order valence-corrected chi connectivity index (χ4v) is 1.52. The summed E-state index contributed by atoms with van der Waals surface area (Å²) < 4.78 is 0. The van der Waals surface area contributed by atoms with E-state index in [4.69, 9.17) is 5.73 Å². The van der Waals surface area contributed by atoms with Gasteiger partial charge in [0.05, 0.1) is 5.69 Å². The number of thioether (sulfide) groups is 1. The molecule has 16 heavy (non-hydrogen) atoms. The molecule has 3 nitrogen and oxygen atoms in total. The Balaban J connectivity index is 2.50. The second-order valence-electron chi connectivity index (χ2n) is 3.17. The third kappa shape index (κ3) is 4.28. The molecule has 0 aliphatic heterocycles. The van der Waals surface area contributed by atoms with Gasteiger partial charge in [-0.2, -0.15) is 0 Å². The second-order valence-corrected chi connectivity index (χ2v) is 4.44. The predicted octanol–water partition coefficient (Wildman–Crippen LogP) is 2.00. The summed E-state index contributed by atoms with van der Waals surface area (Å²) in [6, 6.07) is 4.89. The van der Waals surface area contributed by atoms with Crippen molar-refractivity contribution >= 4 is 22.6 Å². The zero-order valence-corrected chi connectivity index (χ0v) is 9.80. The predicted molar refractivity (Wildman–Crippen MR) is 67.2 cm³/mol. The van der Waals surface area contributed by atoms with Gasteiger partial charge in [0, 0.05) is 24.7 Å². The molecule has 0 atom stereocenters. The van der Waals surface area contributed by atoms with E-state index in [1.165, 1.54) is 24.8 Å². The highest BCUT2D eigenvalue weighted by atomic mass is 32.2. The van der Waals surface area contributed by atoms with Gasteiger partial charge in [-0.3, -0.25) is 4.79 Å². The molecule has 0 bridgehead atoms. The van der Waals surface area contributed by atoms with Crippen LogP contribution in [0.4, 0.5) is 5.69 Å². The number of nitrogens with two attached hydrogens (primary N) is 1. The van der Waals surface area contributed by atoms with Gasteiger partial charge in [0.1, 0.15) is 5.75 Å². The summed E-state index contributed by atoms with van der Waals surface area (Å²) >= 11 is 1.26. The van der Waals surface area contributed by atoms with Crippen LogP contribution in [0.2, 0.25) is 0 Å². The Morgan fingerprint density at radius 3 is 2.94 bits per heavy atom. The maximum Gasteiger partial charge on any atom is 0.185 e. The third-order valence-electron chi connectivity index (χ3n) is 1.80. The Labute approximate surface area is 99.0 Å². The third-order valence-corrected chi connectivity index (χ3v) is 2.61. The number of carbonyl (C=O) groups excluding carboxylic acids is 1. The summed E-state index contributed by atoms with van der Waals surface area (Å²) in [5.74, 6) is 6.57. The van der Waals surface area contributed by atoms with Crippen molar-refractivity contribution in [2.75, 3.05) is 11.5 Å². The molecule has 0 unspecified atom stereocenters. The SMILES string of the molecule is CC(=O)SCCC#Cc1ccc(N)c(O)c1. The van der Waals surface area contributed by atoms with Crippen LogP contribution in [-0.4, -0.2) is 16.0 Å². The molecule has 0 heterocycles. The lowest BCUT2D eigenvalue weighted by molar-refractivity contribution is -0.109. The Kier molecular flexibility index (Phi) is 4.74. The molecule has 84 valence electrons. The van der Waals surface area contributed by atoms with E-state index in [9.17, 15) is 9.90 Å². The minimum Gasteiger partial charge on any atom is -0.506 e. The van der Waals surface area contributed by atoms with Crippen LogP contribution >= 0.6 is 11.8 Å². The van der Waals surface area contributed by atoms with E-state index < -0.39 is 0 Å². The molecule has 3 N–H and O–H groups in total. The van der Waals surface area contributed by atoms with Gasteiger partial charge in [-0.1, -0.05) is 23.6 Å². The maximum atomic E-state index is 10.6. The van der Waals surface area contributed by atoms with Crippen molar-refractivity contribution in [3.8, 4) is 17.6 Å². The lowest BCUT2D eigenvalue weighted by Crippen LogP contribution is -1.86. The summed E-state index contributed by atoms with van der Waals surface area (Å²) in [4.78, 5) is 10.6. The van der Waals surface area contributed by atoms with Crippen LogP contribution in [0.5, 0.6) is 5.75 Å². The maximum absolute atomic E-state index is 10.6. The average molecular weight is 235 g/mol. The smallest absolute Gasteiger partial charge is 0.185 e. The van der Waals surface area contributed by atoms with Gasteiger partial charge in [0.15, 0.2) is 5.12 Å². The highest BCUT2D eigenvalue weighted by Gasteiger charge is 1.95. The highest BCUT2D eigenvalue weighted by molar-refractivity contribution is 8.13. The molecule has 0 aliphatic carbocycles. The number of hydrogen-bond donors (Lipinski definition) is 2. The Hall–Kier alpha value is -1.60. The number of carbonyl (C=O) groups is 1. The average Bonchev–Trinajstić information content (AvgIpc) is 2.22. The first kappa shape index (κ1) is 12.5. The first-order valence-electron chi connectivity index (χ1n) is 4.80. The normalized spacial score (nSPS) is 9.31. The molecular formula is C12H13NO2S. The number of anilines is 1. The van der Waals surface area contributed by atoms with Gasteiger partial charge >= 0.3 is 0 Å². The molecule has 1 aromatic rings. The lowest BCUT2D eigenvalue weighted by atomic mass is 10.2. The molecule has 0 aromatic heterocycles. The van der Waals surface area contributed by atoms with Crippen LogP contribution in [-0.2, 0) is 4.79 Å². The van der Waals surface area contributed by atoms with Crippen molar-refractivity contribution < 1.29 is 9.90 Å². The van der Waals surface area contributed by atoms with E-state index >= 15 is 0 Å². The van der Waals surface area contributed by atoms with Gasteiger partial charge in [-0.05, 0) is 18.2 Å². The number of phenolic OH excluding ortho intramolecular Hbond substituents is 1. The number of rotatable bonds is 2. The van der Waals surface area contributed by atoms with Crippen molar-refractivity contribution in [1.29, 1.82) is 0 Å².